The highest BCUT2D eigenvalue weighted by Crippen LogP contribution is 2.55. The fraction of sp³-hybridized carbons (Fsp3) is 0.350. The van der Waals surface area contributed by atoms with E-state index in [1.165, 1.54) is 0 Å². The molecule has 638 valence electrons. The first-order chi connectivity index (χ1) is 65.0. The molecular formula is C120H135BN4. The summed E-state index contributed by atoms with van der Waals surface area (Å²) in [6.45, 7) is 55.1. The van der Waals surface area contributed by atoms with E-state index in [0.717, 1.165) is 100 Å². The van der Waals surface area contributed by atoms with E-state index in [-0.39, 0.29) is 81.0 Å². The molecule has 0 N–H and O–H groups in total. The third-order valence-electron chi connectivity index (χ3n) is 24.1. The zero-order valence-electron chi connectivity index (χ0n) is 94.9. The van der Waals surface area contributed by atoms with E-state index in [4.69, 9.17) is 0 Å². The van der Waals surface area contributed by atoms with Crippen LogP contribution < -0.4 is 26.2 Å². The van der Waals surface area contributed by atoms with Gasteiger partial charge in [-0.05, 0) is 284 Å². The SMILES string of the molecule is [2H]c1c([2H])c([2H])c2c(c1[2H])c1cc(C(C)(C)C)ccc1n2-c1ccc2c(c1)N(c1cc(-c3cccc(C([2H])([2H])C(C)(C)C)c3)c(CC(C)(C)C)cc1-c1cccc(C([2H])([2H])C(C)(C)C)c1)c1cc(C(C)(C)C)cc3c1B2c1ccc(-n2c4ccc(C(C)(C)C)cc4c4c([2H])c([2H])c([2H])c([2H])c42)cc1N3c1cc(-c2cccc(C([2H])([2H])C(C)(C)C)c2)c(CC(C)(C)C)cc1-c1cccc(C([2H])([2H])C(C)(C)C)c1. The summed E-state index contributed by atoms with van der Waals surface area (Å²) in [7, 11) is 0. The first-order valence-corrected chi connectivity index (χ1v) is 44.9. The maximum atomic E-state index is 10.2. The molecule has 2 aliphatic heterocycles. The van der Waals surface area contributed by atoms with Gasteiger partial charge in [-0.15, -0.1) is 0 Å². The van der Waals surface area contributed by atoms with Crippen molar-refractivity contribution in [2.24, 2.45) is 32.5 Å². The molecule has 0 saturated carbocycles. The second kappa shape index (κ2) is 31.0. The van der Waals surface area contributed by atoms with E-state index in [2.05, 4.69) is 235 Å². The minimum atomic E-state index is -1.88. The van der Waals surface area contributed by atoms with Gasteiger partial charge >= 0.3 is 0 Å². The molecule has 0 atom stereocenters. The normalized spacial score (nSPS) is 16.0. The van der Waals surface area contributed by atoms with Gasteiger partial charge in [0.25, 0.3) is 6.71 Å². The lowest BCUT2D eigenvalue weighted by atomic mass is 9.33. The highest BCUT2D eigenvalue weighted by atomic mass is 15.2. The molecule has 125 heavy (non-hydrogen) atoms. The molecule has 0 spiro atoms. The van der Waals surface area contributed by atoms with Gasteiger partial charge in [0.15, 0.2) is 0 Å². The van der Waals surface area contributed by atoms with E-state index in [1.54, 1.807) is 0 Å². The molecule has 4 heterocycles. The molecule has 0 aliphatic carbocycles. The number of hydrogen-bond acceptors (Lipinski definition) is 2. The van der Waals surface area contributed by atoms with Crippen molar-refractivity contribution in [2.45, 2.75) is 242 Å². The number of anilines is 6. The van der Waals surface area contributed by atoms with Crippen LogP contribution in [0.5, 0.6) is 0 Å². The first kappa shape index (κ1) is 68.4. The van der Waals surface area contributed by atoms with Gasteiger partial charge in [-0.1, -0.05) is 345 Å². The number of hydrogen-bond donors (Lipinski definition) is 0. The molecule has 17 rings (SSSR count). The maximum absolute atomic E-state index is 10.2. The van der Waals surface area contributed by atoms with Crippen LogP contribution in [0, 0.1) is 32.5 Å². The van der Waals surface area contributed by atoms with E-state index >= 15 is 0 Å². The van der Waals surface area contributed by atoms with E-state index in [0.29, 0.717) is 102 Å². The summed E-state index contributed by atoms with van der Waals surface area (Å²) in [5.41, 5.74) is 17.0. The van der Waals surface area contributed by atoms with Crippen LogP contribution in [-0.4, -0.2) is 15.8 Å². The van der Waals surface area contributed by atoms with Crippen molar-refractivity contribution in [3.63, 3.8) is 0 Å². The molecule has 0 unspecified atom stereocenters. The summed E-state index contributed by atoms with van der Waals surface area (Å²) >= 11 is 0. The van der Waals surface area contributed by atoms with Crippen LogP contribution >= 0.6 is 0 Å². The summed E-state index contributed by atoms with van der Waals surface area (Å²) in [5, 5.41) is 2.04. The Morgan fingerprint density at radius 3 is 0.920 bits per heavy atom. The van der Waals surface area contributed by atoms with Crippen molar-refractivity contribution in [3.8, 4) is 55.9 Å². The van der Waals surface area contributed by atoms with E-state index in [9.17, 15) is 21.9 Å². The third-order valence-corrected chi connectivity index (χ3v) is 24.1. The Bertz CT molecular complexity index is 7230. The summed E-state index contributed by atoms with van der Waals surface area (Å²) in [6, 6.07) is 68.4. The van der Waals surface area contributed by atoms with E-state index in [1.807, 2.05) is 177 Å². The van der Waals surface area contributed by atoms with E-state index < -0.39 is 59.3 Å². The van der Waals surface area contributed by atoms with Gasteiger partial charge in [0.1, 0.15) is 0 Å². The van der Waals surface area contributed by atoms with Gasteiger partial charge in [-0.3, -0.25) is 0 Å². The fourth-order valence-corrected chi connectivity index (χ4v) is 19.0. The predicted octanol–water partition coefficient (Wildman–Crippen LogP) is 32.1. The highest BCUT2D eigenvalue weighted by Gasteiger charge is 2.46. The van der Waals surface area contributed by atoms with Crippen LogP contribution in [-0.2, 0) is 54.6 Å². The summed E-state index contributed by atoms with van der Waals surface area (Å²) < 4.78 is 163. The average molecular weight is 1660 g/mol. The van der Waals surface area contributed by atoms with Gasteiger partial charge in [0, 0.05) is 77.8 Å². The van der Waals surface area contributed by atoms with Crippen LogP contribution in [0.15, 0.2) is 255 Å². The van der Waals surface area contributed by atoms with Crippen LogP contribution in [0.3, 0.4) is 0 Å². The number of aromatic nitrogens is 2. The van der Waals surface area contributed by atoms with Crippen LogP contribution in [0.1, 0.15) is 259 Å². The summed E-state index contributed by atoms with van der Waals surface area (Å²) in [5.74, 6) is 0. The summed E-state index contributed by atoms with van der Waals surface area (Å²) in [6.07, 6.45) is -6.31. The van der Waals surface area contributed by atoms with Crippen molar-refractivity contribution in [1.82, 2.24) is 9.13 Å². The molecule has 0 saturated heterocycles. The molecule has 4 nitrogen and oxygen atoms in total. The van der Waals surface area contributed by atoms with Crippen LogP contribution in [0.2, 0.25) is 0 Å². The number of para-hydroxylation sites is 2. The Morgan fingerprint density at radius 2 is 0.600 bits per heavy atom. The van der Waals surface area contributed by atoms with Gasteiger partial charge < -0.3 is 18.9 Å². The molecule has 15 aromatic rings. The second-order valence-electron chi connectivity index (χ2n) is 45.2. The predicted molar refractivity (Wildman–Crippen MR) is 546 cm³/mol. The fourth-order valence-electron chi connectivity index (χ4n) is 19.0. The van der Waals surface area contributed by atoms with Crippen molar-refractivity contribution >= 4 is 101 Å². The Hall–Kier alpha value is -10.9. The van der Waals surface area contributed by atoms with Crippen molar-refractivity contribution in [2.75, 3.05) is 9.80 Å². The third kappa shape index (κ3) is 17.4. The molecule has 2 aliphatic rings. The smallest absolute Gasteiger partial charge is 0.252 e. The molecule has 13 aromatic carbocycles. The summed E-state index contributed by atoms with van der Waals surface area (Å²) in [4.78, 5) is 4.77. The molecule has 0 amide bonds. The number of benzene rings is 13. The van der Waals surface area contributed by atoms with Crippen molar-refractivity contribution in [1.29, 1.82) is 0 Å². The lowest BCUT2D eigenvalue weighted by Crippen LogP contribution is -2.61. The van der Waals surface area contributed by atoms with Gasteiger partial charge in [-0.25, -0.2) is 0 Å². The highest BCUT2D eigenvalue weighted by molar-refractivity contribution is 7.00. The maximum Gasteiger partial charge on any atom is 0.252 e. The first-order valence-electron chi connectivity index (χ1n) is 52.9. The standard InChI is InChI=1S/C120H135BN4/c1-112(2,3)70-76-36-32-40-80(56-76)93-68-105(95(60-84(93)74-116(13,14)15)82-42-34-38-78(58-82)72-114(7,8)9)124-107-66-89(122-101-46-30-28-44-91(101)97-62-86(118(19,20)21)48-54-103(97)122)50-52-99(107)121-100-53-51-90(123-102-47-31-29-45-92(102)98-63-87(119(22,23)24)49-55-104(98)123)67-108(100)125(110-65-88(120(25,26)27)64-109(124)111(110)121)106-69-94(81-41-33-37-77(57-81)71-113(4,5)6)85(75-117(16,17)18)61-96(106)83-43-35-39-79(59-83)73-115(10,11)12/h28-69H,70-75H2,1-27H3/i28D,29D,30D,31D,44D,45D,46D,47D,70D2,71D2,72D2,73D2. The molecule has 5 heteroatoms. The van der Waals surface area contributed by atoms with Crippen molar-refractivity contribution < 1.29 is 21.9 Å². The van der Waals surface area contributed by atoms with Crippen LogP contribution in [0.4, 0.5) is 34.1 Å². The lowest BCUT2D eigenvalue weighted by molar-refractivity contribution is 0.410. The Morgan fingerprint density at radius 1 is 0.272 bits per heavy atom. The average Bonchev–Trinajstić information content (AvgIpc) is 1.37. The molecular weight excluding hydrogens is 1510 g/mol. The molecule has 0 radical (unpaired) electrons. The topological polar surface area (TPSA) is 16.3 Å². The second-order valence-corrected chi connectivity index (χ2v) is 45.2. The number of nitrogens with zero attached hydrogens (tertiary/aromatic N) is 4. The molecule has 2 aromatic heterocycles. The zero-order chi connectivity index (χ0) is 103. The Kier molecular flexibility index (Phi) is 17.0. The lowest BCUT2D eigenvalue weighted by Gasteiger charge is -2.46. The number of rotatable bonds is 14. The molecule has 0 fully saturated rings. The molecule has 0 bridgehead atoms. The monoisotopic (exact) mass is 1660 g/mol. The van der Waals surface area contributed by atoms with Crippen molar-refractivity contribution in [3.05, 3.63) is 305 Å². The van der Waals surface area contributed by atoms with Gasteiger partial charge in [0.05, 0.1) is 44.4 Å². The number of fused-ring (bicyclic) bond motifs is 10. The largest absolute Gasteiger partial charge is 0.311 e. The minimum Gasteiger partial charge on any atom is -0.311 e. The van der Waals surface area contributed by atoms with Gasteiger partial charge in [0.2, 0.25) is 0 Å². The Labute approximate surface area is 772 Å². The minimum absolute atomic E-state index is 0.171. The Balaban J connectivity index is 1.12. The van der Waals surface area contributed by atoms with Gasteiger partial charge in [-0.2, -0.15) is 0 Å². The zero-order valence-corrected chi connectivity index (χ0v) is 78.9. The quantitative estimate of drug-likeness (QED) is 0.101. The van der Waals surface area contributed by atoms with Crippen LogP contribution in [0.25, 0.3) is 99.5 Å².